The fourth-order valence-corrected chi connectivity index (χ4v) is 3.13. The molecule has 0 atom stereocenters. The first-order chi connectivity index (χ1) is 10.6. The van der Waals surface area contributed by atoms with Gasteiger partial charge in [-0.2, -0.15) is 0 Å². The number of amides is 1. The quantitative estimate of drug-likeness (QED) is 0.589. The van der Waals surface area contributed by atoms with Crippen LogP contribution in [0.3, 0.4) is 0 Å². The van der Waals surface area contributed by atoms with Gasteiger partial charge in [0, 0.05) is 19.2 Å². The van der Waals surface area contributed by atoms with Gasteiger partial charge in [-0.1, -0.05) is 0 Å². The lowest BCUT2D eigenvalue weighted by Crippen LogP contribution is -2.38. The zero-order valence-corrected chi connectivity index (χ0v) is 14.8. The van der Waals surface area contributed by atoms with Gasteiger partial charge >= 0.3 is 11.8 Å². The number of carbonyl (C=O) groups is 1. The van der Waals surface area contributed by atoms with E-state index in [-0.39, 0.29) is 11.4 Å². The first-order valence-corrected chi connectivity index (χ1v) is 8.05. The van der Waals surface area contributed by atoms with E-state index in [4.69, 9.17) is 4.74 Å². The Morgan fingerprint density at radius 3 is 2.57 bits per heavy atom. The van der Waals surface area contributed by atoms with E-state index < -0.39 is 16.6 Å². The number of carbonyl (C=O) groups excluding carboxylic acids is 1. The number of hydrogen-bond donors (Lipinski definition) is 1. The van der Waals surface area contributed by atoms with Crippen LogP contribution >= 0.6 is 15.9 Å². The lowest BCUT2D eigenvalue weighted by Gasteiger charge is -2.26. The van der Waals surface area contributed by atoms with Crippen LogP contribution in [0.25, 0.3) is 0 Å². The minimum atomic E-state index is -0.614. The van der Waals surface area contributed by atoms with Gasteiger partial charge in [0.15, 0.2) is 0 Å². The number of phenolic OH excluding ortho intramolecular Hbond substituents is 1. The Hall–Kier alpha value is -1.83. The zero-order valence-electron chi connectivity index (χ0n) is 13.3. The summed E-state index contributed by atoms with van der Waals surface area (Å²) in [6.45, 7) is 6.24. The van der Waals surface area contributed by atoms with Crippen molar-refractivity contribution in [3.8, 4) is 5.75 Å². The molecule has 23 heavy (non-hydrogen) atoms. The van der Waals surface area contributed by atoms with Gasteiger partial charge in [0.05, 0.1) is 9.40 Å². The molecule has 0 aliphatic carbocycles. The van der Waals surface area contributed by atoms with E-state index in [0.717, 1.165) is 11.1 Å². The van der Waals surface area contributed by atoms with Crippen molar-refractivity contribution in [1.29, 1.82) is 0 Å². The van der Waals surface area contributed by atoms with Crippen LogP contribution in [0.1, 0.15) is 31.9 Å². The number of aromatic hydroxyl groups is 1. The van der Waals surface area contributed by atoms with Gasteiger partial charge in [-0.15, -0.1) is 0 Å². The molecule has 0 saturated heterocycles. The molecule has 0 bridgehead atoms. The van der Waals surface area contributed by atoms with Crippen LogP contribution in [0.5, 0.6) is 5.75 Å². The molecular weight excluding hydrogens is 368 g/mol. The van der Waals surface area contributed by atoms with Gasteiger partial charge in [-0.05, 0) is 60.7 Å². The van der Waals surface area contributed by atoms with E-state index in [1.165, 1.54) is 6.07 Å². The highest BCUT2D eigenvalue weighted by Crippen LogP contribution is 2.40. The zero-order chi connectivity index (χ0) is 17.4. The van der Waals surface area contributed by atoms with Gasteiger partial charge < -0.3 is 14.7 Å². The van der Waals surface area contributed by atoms with Crippen molar-refractivity contribution in [1.82, 2.24) is 4.90 Å². The Kier molecular flexibility index (Phi) is 4.84. The van der Waals surface area contributed by atoms with Crippen LogP contribution in [0.15, 0.2) is 10.5 Å². The number of halogens is 1. The summed E-state index contributed by atoms with van der Waals surface area (Å²) in [4.78, 5) is 24.2. The van der Waals surface area contributed by atoms with Crippen LogP contribution in [0, 0.1) is 10.1 Å². The Labute approximate surface area is 142 Å². The van der Waals surface area contributed by atoms with Crippen molar-refractivity contribution in [2.24, 2.45) is 0 Å². The lowest BCUT2D eigenvalue weighted by atomic mass is 10.0. The Morgan fingerprint density at radius 1 is 1.39 bits per heavy atom. The molecule has 0 unspecified atom stereocenters. The van der Waals surface area contributed by atoms with Gasteiger partial charge in [0.25, 0.3) is 0 Å². The molecule has 0 spiro atoms. The normalized spacial score (nSPS) is 14.9. The number of nitro benzene ring substituents is 1. The van der Waals surface area contributed by atoms with E-state index in [1.807, 2.05) is 0 Å². The van der Waals surface area contributed by atoms with Crippen molar-refractivity contribution in [3.63, 3.8) is 0 Å². The van der Waals surface area contributed by atoms with Crippen molar-refractivity contribution >= 4 is 27.7 Å². The van der Waals surface area contributed by atoms with Crippen LogP contribution in [-0.4, -0.2) is 39.7 Å². The fraction of sp³-hybridized carbons (Fsp3) is 0.533. The van der Waals surface area contributed by atoms with Crippen molar-refractivity contribution < 1.29 is 19.6 Å². The van der Waals surface area contributed by atoms with E-state index in [1.54, 1.807) is 25.7 Å². The Bertz CT molecular complexity index is 654. The van der Waals surface area contributed by atoms with Gasteiger partial charge in [-0.25, -0.2) is 4.79 Å². The van der Waals surface area contributed by atoms with Crippen LogP contribution < -0.4 is 0 Å². The summed E-state index contributed by atoms with van der Waals surface area (Å²) in [6.07, 6.45) is 0.551. The number of nitro groups is 1. The number of rotatable bonds is 1. The predicted octanol–water partition coefficient (Wildman–Crippen LogP) is 3.40. The molecule has 1 amide bonds. The topological polar surface area (TPSA) is 92.9 Å². The summed E-state index contributed by atoms with van der Waals surface area (Å²) in [5, 5.41) is 21.0. The second-order valence-corrected chi connectivity index (χ2v) is 7.21. The third-order valence-corrected chi connectivity index (χ3v) is 4.40. The molecule has 1 aromatic carbocycles. The van der Waals surface area contributed by atoms with Crippen molar-refractivity contribution in [2.75, 3.05) is 13.1 Å². The van der Waals surface area contributed by atoms with E-state index in [9.17, 15) is 20.0 Å². The highest BCUT2D eigenvalue weighted by atomic mass is 79.9. The molecule has 1 aliphatic heterocycles. The summed E-state index contributed by atoms with van der Waals surface area (Å²) in [5.74, 6) is -0.375. The molecule has 1 N–H and O–H groups in total. The summed E-state index contributed by atoms with van der Waals surface area (Å²) in [5.41, 5.74) is 0.640. The minimum Gasteiger partial charge on any atom is -0.501 e. The molecule has 1 aliphatic rings. The van der Waals surface area contributed by atoms with E-state index >= 15 is 0 Å². The lowest BCUT2D eigenvalue weighted by molar-refractivity contribution is -0.386. The molecule has 126 valence electrons. The summed E-state index contributed by atoms with van der Waals surface area (Å²) >= 11 is 3.24. The molecule has 0 fully saturated rings. The van der Waals surface area contributed by atoms with Gasteiger partial charge in [-0.3, -0.25) is 10.1 Å². The van der Waals surface area contributed by atoms with Gasteiger partial charge in [0.1, 0.15) is 5.60 Å². The Balaban J connectivity index is 2.25. The molecule has 0 aromatic heterocycles. The molecule has 1 aromatic rings. The highest BCUT2D eigenvalue weighted by Gasteiger charge is 2.28. The summed E-state index contributed by atoms with van der Waals surface area (Å²) in [6, 6.07) is 1.38. The molecule has 1 heterocycles. The Morgan fingerprint density at radius 2 is 2.00 bits per heavy atom. The largest absolute Gasteiger partial charge is 0.501 e. The molecule has 2 rings (SSSR count). The standard InChI is InChI=1S/C15H19BrN2O5/c1-15(2,3)23-14(20)17-6-4-9-8-11(18(21)22)13(19)12(16)10(9)5-7-17/h8,19H,4-7H2,1-3H3. The third kappa shape index (κ3) is 3.93. The van der Waals surface area contributed by atoms with Crippen molar-refractivity contribution in [3.05, 3.63) is 31.8 Å². The SMILES string of the molecule is CC(C)(C)OC(=O)N1CCc2cc([N+](=O)[O-])c(O)c(Br)c2CC1. The number of phenols is 1. The van der Waals surface area contributed by atoms with E-state index in [0.29, 0.717) is 30.4 Å². The third-order valence-electron chi connectivity index (χ3n) is 3.55. The number of hydrogen-bond acceptors (Lipinski definition) is 5. The monoisotopic (exact) mass is 386 g/mol. The second kappa shape index (κ2) is 6.35. The van der Waals surface area contributed by atoms with Crippen molar-refractivity contribution in [2.45, 2.75) is 39.2 Å². The van der Waals surface area contributed by atoms with Crippen LogP contribution in [-0.2, 0) is 17.6 Å². The molecule has 7 nitrogen and oxygen atoms in total. The van der Waals surface area contributed by atoms with E-state index in [2.05, 4.69) is 15.9 Å². The average molecular weight is 387 g/mol. The van der Waals surface area contributed by atoms with Gasteiger partial charge in [0.2, 0.25) is 5.75 Å². The molecule has 8 heteroatoms. The number of ether oxygens (including phenoxy) is 1. The number of benzene rings is 1. The number of nitrogens with zero attached hydrogens (tertiary/aromatic N) is 2. The molecular formula is C15H19BrN2O5. The van der Waals surface area contributed by atoms with Crippen LogP contribution in [0.4, 0.5) is 10.5 Å². The maximum Gasteiger partial charge on any atom is 0.410 e. The predicted molar refractivity (Wildman–Crippen MR) is 87.7 cm³/mol. The summed E-state index contributed by atoms with van der Waals surface area (Å²) < 4.78 is 5.69. The first kappa shape index (κ1) is 17.5. The maximum absolute atomic E-state index is 12.2. The molecule has 0 saturated carbocycles. The fourth-order valence-electron chi connectivity index (χ4n) is 2.47. The first-order valence-electron chi connectivity index (χ1n) is 7.25. The number of fused-ring (bicyclic) bond motifs is 1. The smallest absolute Gasteiger partial charge is 0.410 e. The second-order valence-electron chi connectivity index (χ2n) is 6.42. The maximum atomic E-state index is 12.2. The highest BCUT2D eigenvalue weighted by molar-refractivity contribution is 9.10. The average Bonchev–Trinajstić information content (AvgIpc) is 2.63. The summed E-state index contributed by atoms with van der Waals surface area (Å²) in [7, 11) is 0. The van der Waals surface area contributed by atoms with Crippen LogP contribution in [0.2, 0.25) is 0 Å². The minimum absolute atomic E-state index is 0.327. The molecule has 0 radical (unpaired) electrons.